The number of methoxy groups -OCH3 is 1. The summed E-state index contributed by atoms with van der Waals surface area (Å²) in [5.74, 6) is 0.827. The average molecular weight is 435 g/mol. The summed E-state index contributed by atoms with van der Waals surface area (Å²) < 4.78 is 13.8. The Balaban J connectivity index is 1.59. The van der Waals surface area contributed by atoms with Gasteiger partial charge in [-0.1, -0.05) is 18.2 Å². The molecule has 2 aliphatic rings. The second-order valence-corrected chi connectivity index (χ2v) is 8.28. The molecular formula is C24H26N4O2S. The number of aromatic nitrogens is 2. The van der Waals surface area contributed by atoms with Crippen molar-refractivity contribution in [3.63, 3.8) is 0 Å². The molecule has 1 aromatic carbocycles. The van der Waals surface area contributed by atoms with Crippen LogP contribution in [0.25, 0.3) is 5.69 Å². The van der Waals surface area contributed by atoms with E-state index in [0.29, 0.717) is 0 Å². The van der Waals surface area contributed by atoms with Crippen molar-refractivity contribution in [2.75, 3.05) is 20.3 Å². The van der Waals surface area contributed by atoms with Gasteiger partial charge in [0.25, 0.3) is 0 Å². The van der Waals surface area contributed by atoms with E-state index in [-0.39, 0.29) is 18.2 Å². The molecule has 0 radical (unpaired) electrons. The van der Waals surface area contributed by atoms with Crippen LogP contribution in [0.1, 0.15) is 36.3 Å². The molecule has 0 unspecified atom stereocenters. The minimum atomic E-state index is -0.0570. The summed E-state index contributed by atoms with van der Waals surface area (Å²) in [6, 6.07) is 18.2. The second kappa shape index (κ2) is 8.69. The van der Waals surface area contributed by atoms with Crippen molar-refractivity contribution >= 4 is 17.3 Å². The van der Waals surface area contributed by atoms with Crippen LogP contribution in [-0.2, 0) is 4.74 Å². The molecule has 7 heteroatoms. The van der Waals surface area contributed by atoms with E-state index in [1.165, 1.54) is 0 Å². The number of thiocarbonyl (C=S) groups is 1. The van der Waals surface area contributed by atoms with Crippen LogP contribution >= 0.6 is 12.2 Å². The highest BCUT2D eigenvalue weighted by Gasteiger charge is 2.42. The largest absolute Gasteiger partial charge is 0.495 e. The third kappa shape index (κ3) is 3.79. The quantitative estimate of drug-likeness (QED) is 0.591. The Kier molecular flexibility index (Phi) is 5.61. The lowest BCUT2D eigenvalue weighted by molar-refractivity contribution is 0.0836. The zero-order valence-corrected chi connectivity index (χ0v) is 18.3. The fourth-order valence-electron chi connectivity index (χ4n) is 4.61. The van der Waals surface area contributed by atoms with E-state index < -0.39 is 0 Å². The standard InChI is InChI=1S/C24H26N4O2S/c1-29-21-12-3-2-10-19(21)27-14-6-11-20(27)23-22(18-9-4-5-13-25-18)26-24(31)28(23)16-17-8-7-15-30-17/h2-6,9-14,17,22-23H,7-8,15-16H2,1H3,(H,26,31)/t17-,22-,23-/m0/s1. The van der Waals surface area contributed by atoms with Crippen molar-refractivity contribution in [2.45, 2.75) is 31.0 Å². The summed E-state index contributed by atoms with van der Waals surface area (Å²) in [5, 5.41) is 4.27. The van der Waals surface area contributed by atoms with Crippen molar-refractivity contribution in [1.82, 2.24) is 19.8 Å². The first kappa shape index (κ1) is 20.0. The summed E-state index contributed by atoms with van der Waals surface area (Å²) in [4.78, 5) is 6.91. The number of pyridine rings is 1. The highest BCUT2D eigenvalue weighted by Crippen LogP contribution is 2.41. The normalized spacial score (nSPS) is 23.2. The molecule has 2 saturated heterocycles. The van der Waals surface area contributed by atoms with Crippen molar-refractivity contribution in [3.05, 3.63) is 78.4 Å². The minimum absolute atomic E-state index is 0.0217. The Morgan fingerprint density at radius 1 is 1.16 bits per heavy atom. The van der Waals surface area contributed by atoms with E-state index >= 15 is 0 Å². The van der Waals surface area contributed by atoms with Gasteiger partial charge in [0.1, 0.15) is 5.75 Å². The zero-order chi connectivity index (χ0) is 21.2. The molecule has 0 amide bonds. The van der Waals surface area contributed by atoms with Gasteiger partial charge >= 0.3 is 0 Å². The van der Waals surface area contributed by atoms with Gasteiger partial charge in [-0.25, -0.2) is 0 Å². The molecule has 160 valence electrons. The van der Waals surface area contributed by atoms with E-state index in [1.807, 2.05) is 36.5 Å². The van der Waals surface area contributed by atoms with Gasteiger partial charge in [0.15, 0.2) is 5.11 Å². The first-order valence-electron chi connectivity index (χ1n) is 10.7. The number of ether oxygens (including phenoxy) is 2. The fraction of sp³-hybridized carbons (Fsp3) is 0.333. The van der Waals surface area contributed by atoms with Crippen LogP contribution in [0.2, 0.25) is 0 Å². The van der Waals surface area contributed by atoms with Crippen molar-refractivity contribution in [3.8, 4) is 11.4 Å². The predicted octanol–water partition coefficient (Wildman–Crippen LogP) is 4.03. The lowest BCUT2D eigenvalue weighted by Gasteiger charge is -2.30. The van der Waals surface area contributed by atoms with Crippen molar-refractivity contribution < 1.29 is 9.47 Å². The SMILES string of the molecule is COc1ccccc1-n1cccc1[C@H]1[C@H](c2ccccn2)NC(=S)N1C[C@@H]1CCCO1. The number of nitrogens with zero attached hydrogens (tertiary/aromatic N) is 3. The Hall–Kier alpha value is -2.90. The molecule has 3 atom stereocenters. The maximum Gasteiger partial charge on any atom is 0.170 e. The number of hydrogen-bond donors (Lipinski definition) is 1. The highest BCUT2D eigenvalue weighted by atomic mass is 32.1. The summed E-state index contributed by atoms with van der Waals surface area (Å²) in [5.41, 5.74) is 3.10. The van der Waals surface area contributed by atoms with Gasteiger partial charge in [-0.15, -0.1) is 0 Å². The maximum absolute atomic E-state index is 5.95. The Morgan fingerprint density at radius 2 is 2.03 bits per heavy atom. The van der Waals surface area contributed by atoms with Crippen molar-refractivity contribution in [1.29, 1.82) is 0 Å². The molecule has 3 aromatic rings. The smallest absolute Gasteiger partial charge is 0.170 e. The molecule has 5 rings (SSSR count). The zero-order valence-electron chi connectivity index (χ0n) is 17.5. The molecule has 0 spiro atoms. The molecule has 0 bridgehead atoms. The Morgan fingerprint density at radius 3 is 2.81 bits per heavy atom. The molecule has 0 saturated carbocycles. The Bertz CT molecular complexity index is 1050. The van der Waals surface area contributed by atoms with E-state index in [2.05, 4.69) is 50.2 Å². The number of rotatable bonds is 6. The number of nitrogens with one attached hydrogen (secondary N) is 1. The molecule has 2 aliphatic heterocycles. The van der Waals surface area contributed by atoms with Gasteiger partial charge in [0.2, 0.25) is 0 Å². The lowest BCUT2D eigenvalue weighted by atomic mass is 10.0. The van der Waals surface area contributed by atoms with Crippen LogP contribution in [0.15, 0.2) is 67.0 Å². The summed E-state index contributed by atoms with van der Waals surface area (Å²) in [6.07, 6.45) is 6.27. The molecule has 0 aliphatic carbocycles. The topological polar surface area (TPSA) is 51.5 Å². The summed E-state index contributed by atoms with van der Waals surface area (Å²) in [6.45, 7) is 1.58. The van der Waals surface area contributed by atoms with Gasteiger partial charge in [-0.05, 0) is 61.5 Å². The van der Waals surface area contributed by atoms with Crippen LogP contribution in [0.3, 0.4) is 0 Å². The molecule has 31 heavy (non-hydrogen) atoms. The van der Waals surface area contributed by atoms with Gasteiger partial charge < -0.3 is 24.3 Å². The monoisotopic (exact) mass is 434 g/mol. The van der Waals surface area contributed by atoms with Crippen LogP contribution in [-0.4, -0.2) is 45.9 Å². The van der Waals surface area contributed by atoms with E-state index in [0.717, 1.165) is 53.9 Å². The second-order valence-electron chi connectivity index (χ2n) is 7.89. The summed E-state index contributed by atoms with van der Waals surface area (Å²) in [7, 11) is 1.70. The van der Waals surface area contributed by atoms with E-state index in [1.54, 1.807) is 7.11 Å². The number of para-hydroxylation sites is 2. The number of benzene rings is 1. The van der Waals surface area contributed by atoms with Gasteiger partial charge in [-0.3, -0.25) is 4.98 Å². The third-order valence-electron chi connectivity index (χ3n) is 6.05. The van der Waals surface area contributed by atoms with Gasteiger partial charge in [0.05, 0.1) is 36.7 Å². The lowest BCUT2D eigenvalue weighted by Crippen LogP contribution is -2.36. The highest BCUT2D eigenvalue weighted by molar-refractivity contribution is 7.80. The maximum atomic E-state index is 5.95. The molecular weight excluding hydrogens is 408 g/mol. The predicted molar refractivity (Wildman–Crippen MR) is 123 cm³/mol. The molecule has 4 heterocycles. The molecule has 6 nitrogen and oxygen atoms in total. The first-order chi connectivity index (χ1) is 15.3. The van der Waals surface area contributed by atoms with E-state index in [9.17, 15) is 0 Å². The average Bonchev–Trinajstić information content (AvgIpc) is 3.56. The van der Waals surface area contributed by atoms with E-state index in [4.69, 9.17) is 21.7 Å². The molecule has 1 N–H and O–H groups in total. The van der Waals surface area contributed by atoms with Gasteiger partial charge in [-0.2, -0.15) is 0 Å². The summed E-state index contributed by atoms with van der Waals surface area (Å²) >= 11 is 5.81. The minimum Gasteiger partial charge on any atom is -0.495 e. The van der Waals surface area contributed by atoms with Crippen LogP contribution < -0.4 is 10.1 Å². The van der Waals surface area contributed by atoms with Crippen molar-refractivity contribution in [2.24, 2.45) is 0 Å². The van der Waals surface area contributed by atoms with Crippen LogP contribution in [0.4, 0.5) is 0 Å². The third-order valence-corrected chi connectivity index (χ3v) is 6.40. The Labute approximate surface area is 187 Å². The van der Waals surface area contributed by atoms with Crippen LogP contribution in [0, 0.1) is 0 Å². The first-order valence-corrected chi connectivity index (χ1v) is 11.1. The molecule has 2 fully saturated rings. The number of hydrogen-bond acceptors (Lipinski definition) is 4. The fourth-order valence-corrected chi connectivity index (χ4v) is 4.93. The van der Waals surface area contributed by atoms with Crippen LogP contribution in [0.5, 0.6) is 5.75 Å². The van der Waals surface area contributed by atoms with Gasteiger partial charge in [0, 0.05) is 31.2 Å². The molecule has 2 aromatic heterocycles.